The van der Waals surface area contributed by atoms with Crippen molar-refractivity contribution in [1.82, 2.24) is 5.32 Å². The predicted molar refractivity (Wildman–Crippen MR) is 109 cm³/mol. The van der Waals surface area contributed by atoms with Crippen molar-refractivity contribution in [3.8, 4) is 11.5 Å². The van der Waals surface area contributed by atoms with Gasteiger partial charge in [-0.1, -0.05) is 38.3 Å². The summed E-state index contributed by atoms with van der Waals surface area (Å²) in [5.74, 6) is 1.59. The Kier molecular flexibility index (Phi) is 9.21. The monoisotopic (exact) mass is 370 g/mol. The minimum atomic E-state index is -0.0725. The van der Waals surface area contributed by atoms with Crippen molar-refractivity contribution in [3.63, 3.8) is 0 Å². The van der Waals surface area contributed by atoms with Gasteiger partial charge in [0.05, 0.1) is 20.3 Å². The lowest BCUT2D eigenvalue weighted by Crippen LogP contribution is -2.27. The number of benzene rings is 2. The van der Waals surface area contributed by atoms with E-state index in [1.165, 1.54) is 19.3 Å². The first-order chi connectivity index (χ1) is 13.2. The first kappa shape index (κ1) is 20.8. The Morgan fingerprint density at radius 2 is 1.63 bits per heavy atom. The lowest BCUT2D eigenvalue weighted by atomic mass is 10.2. The highest BCUT2D eigenvalue weighted by molar-refractivity contribution is 5.92. The Morgan fingerprint density at radius 3 is 2.30 bits per heavy atom. The molecule has 0 bridgehead atoms. The summed E-state index contributed by atoms with van der Waals surface area (Å²) in [4.78, 5) is 12.0. The Balaban J connectivity index is 1.65. The number of methoxy groups -OCH3 is 1. The van der Waals surface area contributed by atoms with E-state index in [1.807, 2.05) is 48.5 Å². The summed E-state index contributed by atoms with van der Waals surface area (Å²) < 4.78 is 10.8. The van der Waals surface area contributed by atoms with Crippen molar-refractivity contribution in [2.24, 2.45) is 0 Å². The fourth-order valence-electron chi connectivity index (χ4n) is 2.62. The predicted octanol–water partition coefficient (Wildman–Crippen LogP) is 4.38. The van der Waals surface area contributed by atoms with Crippen LogP contribution < -0.4 is 20.1 Å². The van der Waals surface area contributed by atoms with Crippen molar-refractivity contribution in [1.29, 1.82) is 0 Å². The number of hydrogen-bond acceptors (Lipinski definition) is 4. The molecule has 2 N–H and O–H groups in total. The summed E-state index contributed by atoms with van der Waals surface area (Å²) >= 11 is 0. The van der Waals surface area contributed by atoms with Gasteiger partial charge in [0.15, 0.2) is 0 Å². The van der Waals surface area contributed by atoms with Crippen molar-refractivity contribution in [3.05, 3.63) is 54.1 Å². The number of hydrogen-bond donors (Lipinski definition) is 2. The zero-order valence-corrected chi connectivity index (χ0v) is 16.3. The molecule has 0 aliphatic carbocycles. The fraction of sp³-hybridized carbons (Fsp3) is 0.409. The van der Waals surface area contributed by atoms with Crippen LogP contribution in [-0.4, -0.2) is 26.2 Å². The molecule has 146 valence electrons. The number of carbonyl (C=O) groups excluding carboxylic acids is 1. The number of amides is 1. The van der Waals surface area contributed by atoms with Gasteiger partial charge in [-0.15, -0.1) is 0 Å². The van der Waals surface area contributed by atoms with Crippen LogP contribution >= 0.6 is 0 Å². The standard InChI is InChI=1S/C22H30N2O3/c1-3-4-5-6-15-27-21-13-9-19(10-14-21)24-22(25)17-23-16-18-7-11-20(26-2)12-8-18/h7-14,23H,3-6,15-17H2,1-2H3,(H,24,25). The van der Waals surface area contributed by atoms with Crippen LogP contribution in [0.5, 0.6) is 11.5 Å². The Hall–Kier alpha value is -2.53. The van der Waals surface area contributed by atoms with E-state index < -0.39 is 0 Å². The smallest absolute Gasteiger partial charge is 0.238 e. The SMILES string of the molecule is CCCCCCOc1ccc(NC(=O)CNCc2ccc(OC)cc2)cc1. The van der Waals surface area contributed by atoms with E-state index >= 15 is 0 Å². The second-order valence-corrected chi connectivity index (χ2v) is 6.43. The summed E-state index contributed by atoms with van der Waals surface area (Å²) in [6, 6.07) is 15.3. The van der Waals surface area contributed by atoms with Crippen LogP contribution in [0.4, 0.5) is 5.69 Å². The second-order valence-electron chi connectivity index (χ2n) is 6.43. The Labute approximate surface area is 162 Å². The van der Waals surface area contributed by atoms with Crippen molar-refractivity contribution < 1.29 is 14.3 Å². The van der Waals surface area contributed by atoms with Crippen LogP contribution in [0.15, 0.2) is 48.5 Å². The zero-order chi connectivity index (χ0) is 19.3. The number of unbranched alkanes of at least 4 members (excludes halogenated alkanes) is 3. The molecule has 5 heteroatoms. The molecule has 0 atom stereocenters. The lowest BCUT2D eigenvalue weighted by Gasteiger charge is -2.09. The summed E-state index contributed by atoms with van der Waals surface area (Å²) in [7, 11) is 1.64. The van der Waals surface area contributed by atoms with Gasteiger partial charge in [-0.2, -0.15) is 0 Å². The van der Waals surface area contributed by atoms with Gasteiger partial charge >= 0.3 is 0 Å². The molecule has 2 aromatic rings. The molecule has 0 fully saturated rings. The van der Waals surface area contributed by atoms with Gasteiger partial charge in [0, 0.05) is 12.2 Å². The van der Waals surface area contributed by atoms with Gasteiger partial charge in [-0.25, -0.2) is 0 Å². The molecular formula is C22H30N2O3. The second kappa shape index (κ2) is 12.0. The van der Waals surface area contributed by atoms with Crippen LogP contribution in [0.2, 0.25) is 0 Å². The molecule has 2 aromatic carbocycles. The zero-order valence-electron chi connectivity index (χ0n) is 16.3. The number of carbonyl (C=O) groups is 1. The van der Waals surface area contributed by atoms with Crippen molar-refractivity contribution in [2.75, 3.05) is 25.6 Å². The fourth-order valence-corrected chi connectivity index (χ4v) is 2.62. The molecule has 0 aliphatic heterocycles. The van der Waals surface area contributed by atoms with Crippen LogP contribution in [0, 0.1) is 0 Å². The molecule has 0 saturated heterocycles. The van der Waals surface area contributed by atoms with Gasteiger partial charge < -0.3 is 20.1 Å². The van der Waals surface area contributed by atoms with Crippen LogP contribution in [0.3, 0.4) is 0 Å². The van der Waals surface area contributed by atoms with E-state index in [1.54, 1.807) is 7.11 Å². The molecule has 0 unspecified atom stereocenters. The van der Waals surface area contributed by atoms with Gasteiger partial charge in [0.1, 0.15) is 11.5 Å². The average molecular weight is 370 g/mol. The third-order valence-corrected chi connectivity index (χ3v) is 4.18. The minimum Gasteiger partial charge on any atom is -0.497 e. The van der Waals surface area contributed by atoms with Crippen LogP contribution in [0.25, 0.3) is 0 Å². The van der Waals surface area contributed by atoms with Crippen molar-refractivity contribution >= 4 is 11.6 Å². The van der Waals surface area contributed by atoms with E-state index in [9.17, 15) is 4.79 Å². The molecule has 5 nitrogen and oxygen atoms in total. The highest BCUT2D eigenvalue weighted by atomic mass is 16.5. The Bertz CT molecular complexity index is 669. The van der Waals surface area contributed by atoms with E-state index in [0.717, 1.165) is 35.8 Å². The lowest BCUT2D eigenvalue weighted by molar-refractivity contribution is -0.115. The number of ether oxygens (including phenoxy) is 2. The molecule has 0 aliphatic rings. The molecule has 0 heterocycles. The number of rotatable bonds is 12. The van der Waals surface area contributed by atoms with E-state index in [4.69, 9.17) is 9.47 Å². The molecule has 0 aromatic heterocycles. The number of anilines is 1. The van der Waals surface area contributed by atoms with Crippen LogP contribution in [-0.2, 0) is 11.3 Å². The van der Waals surface area contributed by atoms with Gasteiger partial charge in [-0.3, -0.25) is 4.79 Å². The maximum absolute atomic E-state index is 12.0. The minimum absolute atomic E-state index is 0.0725. The summed E-state index contributed by atoms with van der Waals surface area (Å²) in [6.07, 6.45) is 4.75. The maximum atomic E-state index is 12.0. The van der Waals surface area contributed by atoms with E-state index in [2.05, 4.69) is 17.6 Å². The molecular weight excluding hydrogens is 340 g/mol. The normalized spacial score (nSPS) is 10.4. The molecule has 27 heavy (non-hydrogen) atoms. The number of nitrogens with one attached hydrogen (secondary N) is 2. The highest BCUT2D eigenvalue weighted by Crippen LogP contribution is 2.16. The summed E-state index contributed by atoms with van der Waals surface area (Å²) in [5, 5.41) is 6.02. The third-order valence-electron chi connectivity index (χ3n) is 4.18. The Morgan fingerprint density at radius 1 is 0.926 bits per heavy atom. The molecule has 0 saturated carbocycles. The quantitative estimate of drug-likeness (QED) is 0.544. The van der Waals surface area contributed by atoms with Crippen LogP contribution in [0.1, 0.15) is 38.2 Å². The van der Waals surface area contributed by atoms with Gasteiger partial charge in [0.25, 0.3) is 0 Å². The summed E-state index contributed by atoms with van der Waals surface area (Å²) in [6.45, 7) is 3.81. The first-order valence-electron chi connectivity index (χ1n) is 9.57. The first-order valence-corrected chi connectivity index (χ1v) is 9.57. The average Bonchev–Trinajstić information content (AvgIpc) is 2.69. The van der Waals surface area contributed by atoms with E-state index in [-0.39, 0.29) is 12.5 Å². The van der Waals surface area contributed by atoms with E-state index in [0.29, 0.717) is 6.54 Å². The molecule has 0 spiro atoms. The molecule has 2 rings (SSSR count). The van der Waals surface area contributed by atoms with Gasteiger partial charge in [-0.05, 0) is 48.4 Å². The van der Waals surface area contributed by atoms with Gasteiger partial charge in [0.2, 0.25) is 5.91 Å². The largest absolute Gasteiger partial charge is 0.497 e. The summed E-state index contributed by atoms with van der Waals surface area (Å²) in [5.41, 5.74) is 1.87. The molecule has 0 radical (unpaired) electrons. The van der Waals surface area contributed by atoms with Crippen molar-refractivity contribution in [2.45, 2.75) is 39.2 Å². The highest BCUT2D eigenvalue weighted by Gasteiger charge is 2.03. The molecule has 1 amide bonds. The third kappa shape index (κ3) is 8.13. The maximum Gasteiger partial charge on any atom is 0.238 e. The topological polar surface area (TPSA) is 59.6 Å².